The van der Waals surface area contributed by atoms with E-state index in [2.05, 4.69) is 4.99 Å². The van der Waals surface area contributed by atoms with Crippen molar-refractivity contribution in [2.75, 3.05) is 0 Å². The third-order valence-corrected chi connectivity index (χ3v) is 3.10. The van der Waals surface area contributed by atoms with Gasteiger partial charge in [-0.1, -0.05) is 48.5 Å². The smallest absolute Gasteiger partial charge is 0.363 e. The van der Waals surface area contributed by atoms with Gasteiger partial charge in [-0.25, -0.2) is 9.79 Å². The molecule has 2 aromatic rings. The van der Waals surface area contributed by atoms with Gasteiger partial charge in [-0.3, -0.25) is 0 Å². The van der Waals surface area contributed by atoms with Crippen molar-refractivity contribution in [3.63, 3.8) is 0 Å². The highest BCUT2D eigenvalue weighted by Gasteiger charge is 2.24. The summed E-state index contributed by atoms with van der Waals surface area (Å²) in [5.74, 6) is -0.0395. The average molecular weight is 263 g/mol. The second kappa shape index (κ2) is 5.13. The Morgan fingerprint density at radius 1 is 1.00 bits per heavy atom. The van der Waals surface area contributed by atoms with Crippen molar-refractivity contribution in [3.05, 3.63) is 77.0 Å². The Hall–Kier alpha value is -2.68. The summed E-state index contributed by atoms with van der Waals surface area (Å²) in [4.78, 5) is 16.2. The maximum absolute atomic E-state index is 11.9. The lowest BCUT2D eigenvalue weighted by Gasteiger charge is -2.02. The summed E-state index contributed by atoms with van der Waals surface area (Å²) in [6.07, 6.45) is 1.73. The quantitative estimate of drug-likeness (QED) is 0.615. The van der Waals surface area contributed by atoms with Crippen LogP contribution < -0.4 is 0 Å². The number of carbonyl (C=O) groups excluding carboxylic acids is 1. The molecule has 1 heterocycles. The van der Waals surface area contributed by atoms with Crippen LogP contribution in [0.4, 0.5) is 0 Å². The van der Waals surface area contributed by atoms with E-state index in [-0.39, 0.29) is 0 Å². The van der Waals surface area contributed by atoms with Crippen molar-refractivity contribution in [3.8, 4) is 0 Å². The maximum atomic E-state index is 11.9. The summed E-state index contributed by atoms with van der Waals surface area (Å²) in [5.41, 5.74) is 3.13. The van der Waals surface area contributed by atoms with Gasteiger partial charge in [0.25, 0.3) is 0 Å². The van der Waals surface area contributed by atoms with Crippen molar-refractivity contribution in [1.29, 1.82) is 0 Å². The molecule has 98 valence electrons. The minimum absolute atomic E-state index is 0.328. The van der Waals surface area contributed by atoms with Crippen LogP contribution >= 0.6 is 0 Å². The van der Waals surface area contributed by atoms with Gasteiger partial charge in [0, 0.05) is 5.56 Å². The van der Waals surface area contributed by atoms with Gasteiger partial charge in [0.15, 0.2) is 5.70 Å². The fourth-order valence-electron chi connectivity index (χ4n) is 2.04. The number of esters is 1. The summed E-state index contributed by atoms with van der Waals surface area (Å²) < 4.78 is 5.26. The molecule has 2 aromatic carbocycles. The summed E-state index contributed by atoms with van der Waals surface area (Å²) in [6, 6.07) is 17.3. The molecule has 1 aliphatic rings. The van der Waals surface area contributed by atoms with Gasteiger partial charge in [0.1, 0.15) is 0 Å². The Balaban J connectivity index is 1.98. The molecule has 1 aliphatic heterocycles. The first-order valence-electron chi connectivity index (χ1n) is 6.37. The first-order chi connectivity index (χ1) is 9.74. The number of hydrogen-bond donors (Lipinski definition) is 0. The second-order valence-electron chi connectivity index (χ2n) is 4.56. The Bertz CT molecular complexity index is 715. The highest BCUT2D eigenvalue weighted by Crippen LogP contribution is 2.20. The molecular formula is C17H13NO2. The highest BCUT2D eigenvalue weighted by atomic mass is 16.6. The lowest BCUT2D eigenvalue weighted by atomic mass is 10.1. The molecule has 0 aliphatic carbocycles. The van der Waals surface area contributed by atoms with Gasteiger partial charge in [-0.15, -0.1) is 0 Å². The zero-order valence-electron chi connectivity index (χ0n) is 11.0. The largest absolute Gasteiger partial charge is 0.402 e. The molecule has 20 heavy (non-hydrogen) atoms. The molecule has 0 amide bonds. The number of rotatable bonds is 2. The van der Waals surface area contributed by atoms with Gasteiger partial charge >= 0.3 is 5.97 Å². The van der Waals surface area contributed by atoms with Gasteiger partial charge in [0.05, 0.1) is 0 Å². The van der Waals surface area contributed by atoms with E-state index in [9.17, 15) is 4.79 Å². The zero-order chi connectivity index (χ0) is 13.9. The van der Waals surface area contributed by atoms with Crippen molar-refractivity contribution in [2.24, 2.45) is 4.99 Å². The van der Waals surface area contributed by atoms with Gasteiger partial charge < -0.3 is 4.74 Å². The molecule has 0 saturated carbocycles. The van der Waals surface area contributed by atoms with Crippen LogP contribution in [-0.4, -0.2) is 11.9 Å². The molecule has 0 aromatic heterocycles. The van der Waals surface area contributed by atoms with Crippen LogP contribution in [0.5, 0.6) is 0 Å². The normalized spacial score (nSPS) is 16.1. The van der Waals surface area contributed by atoms with E-state index >= 15 is 0 Å². The molecule has 0 fully saturated rings. The van der Waals surface area contributed by atoms with Crippen molar-refractivity contribution >= 4 is 17.9 Å². The molecule has 0 N–H and O–H groups in total. The molecule has 0 unspecified atom stereocenters. The molecule has 0 bridgehead atoms. The highest BCUT2D eigenvalue weighted by molar-refractivity contribution is 6.13. The Kier molecular flexibility index (Phi) is 3.17. The fourth-order valence-corrected chi connectivity index (χ4v) is 2.04. The molecule has 0 saturated heterocycles. The SMILES string of the molecule is Cc1ccccc1C1=N/C(=C/c2ccccc2)C(=O)O1. The number of benzene rings is 2. The van der Waals surface area contributed by atoms with Gasteiger partial charge in [0.2, 0.25) is 5.90 Å². The van der Waals surface area contributed by atoms with E-state index < -0.39 is 5.97 Å². The van der Waals surface area contributed by atoms with E-state index in [1.54, 1.807) is 6.08 Å². The summed E-state index contributed by atoms with van der Waals surface area (Å²) in [5, 5.41) is 0. The van der Waals surface area contributed by atoms with Gasteiger partial charge in [-0.2, -0.15) is 0 Å². The van der Waals surface area contributed by atoms with Crippen LogP contribution in [0.2, 0.25) is 0 Å². The molecular weight excluding hydrogens is 250 g/mol. The van der Waals surface area contributed by atoms with Crippen molar-refractivity contribution < 1.29 is 9.53 Å². The molecule has 3 heteroatoms. The number of ether oxygens (including phenoxy) is 1. The van der Waals surface area contributed by atoms with Crippen LogP contribution in [0.3, 0.4) is 0 Å². The molecule has 0 atom stereocenters. The van der Waals surface area contributed by atoms with Crippen LogP contribution in [-0.2, 0) is 9.53 Å². The van der Waals surface area contributed by atoms with E-state index in [0.29, 0.717) is 11.6 Å². The van der Waals surface area contributed by atoms with Gasteiger partial charge in [-0.05, 0) is 30.2 Å². The van der Waals surface area contributed by atoms with E-state index in [1.807, 2.05) is 61.5 Å². The number of cyclic esters (lactones) is 1. The number of hydrogen-bond acceptors (Lipinski definition) is 3. The Labute approximate surface area is 117 Å². The topological polar surface area (TPSA) is 38.7 Å². The second-order valence-corrected chi connectivity index (χ2v) is 4.56. The predicted octanol–water partition coefficient (Wildman–Crippen LogP) is 3.34. The van der Waals surface area contributed by atoms with Crippen molar-refractivity contribution in [1.82, 2.24) is 0 Å². The number of aliphatic imine (C=N–C) groups is 1. The predicted molar refractivity (Wildman–Crippen MR) is 78.2 cm³/mol. The van der Waals surface area contributed by atoms with Crippen LogP contribution in [0, 0.1) is 6.92 Å². The maximum Gasteiger partial charge on any atom is 0.363 e. The first kappa shape index (κ1) is 12.4. The number of nitrogens with zero attached hydrogens (tertiary/aromatic N) is 1. The van der Waals surface area contributed by atoms with Crippen LogP contribution in [0.1, 0.15) is 16.7 Å². The molecule has 3 nitrogen and oxygen atoms in total. The Morgan fingerprint density at radius 3 is 2.45 bits per heavy atom. The van der Waals surface area contributed by atoms with E-state index in [1.165, 1.54) is 0 Å². The molecule has 0 spiro atoms. The third kappa shape index (κ3) is 2.38. The summed E-state index contributed by atoms with van der Waals surface area (Å²) in [6.45, 7) is 1.96. The summed E-state index contributed by atoms with van der Waals surface area (Å²) in [7, 11) is 0. The van der Waals surface area contributed by atoms with E-state index in [0.717, 1.165) is 16.7 Å². The standard InChI is InChI=1S/C17H13NO2/c1-12-7-5-6-10-14(12)16-18-15(17(19)20-16)11-13-8-3-2-4-9-13/h2-11H,1H3/b15-11+. The minimum Gasteiger partial charge on any atom is -0.402 e. The first-order valence-corrected chi connectivity index (χ1v) is 6.37. The number of aryl methyl sites for hydroxylation is 1. The Morgan fingerprint density at radius 2 is 1.70 bits per heavy atom. The number of carbonyl (C=O) groups is 1. The van der Waals surface area contributed by atoms with Crippen LogP contribution in [0.25, 0.3) is 6.08 Å². The van der Waals surface area contributed by atoms with E-state index in [4.69, 9.17) is 4.74 Å². The van der Waals surface area contributed by atoms with Crippen molar-refractivity contribution in [2.45, 2.75) is 6.92 Å². The monoisotopic (exact) mass is 263 g/mol. The summed E-state index contributed by atoms with van der Waals surface area (Å²) >= 11 is 0. The molecule has 3 rings (SSSR count). The lowest BCUT2D eigenvalue weighted by Crippen LogP contribution is -2.06. The third-order valence-electron chi connectivity index (χ3n) is 3.10. The lowest BCUT2D eigenvalue weighted by molar-refractivity contribution is -0.129. The minimum atomic E-state index is -0.410. The molecule has 0 radical (unpaired) electrons. The fraction of sp³-hybridized carbons (Fsp3) is 0.0588. The average Bonchev–Trinajstić information content (AvgIpc) is 2.81. The zero-order valence-corrected chi connectivity index (χ0v) is 11.0. The van der Waals surface area contributed by atoms with Crippen LogP contribution in [0.15, 0.2) is 65.3 Å².